The van der Waals surface area contributed by atoms with Crippen LogP contribution in [0.25, 0.3) is 0 Å². The summed E-state index contributed by atoms with van der Waals surface area (Å²) in [6, 6.07) is 9.43. The number of halogens is 1. The predicted molar refractivity (Wildman–Crippen MR) is 82.4 cm³/mol. The van der Waals surface area contributed by atoms with Crippen molar-refractivity contribution in [2.45, 2.75) is 18.6 Å². The molecule has 0 aromatic heterocycles. The summed E-state index contributed by atoms with van der Waals surface area (Å²) in [5.41, 5.74) is 1.07. The zero-order valence-electron chi connectivity index (χ0n) is 11.4. The van der Waals surface area contributed by atoms with Gasteiger partial charge in [0, 0.05) is 19.6 Å². The molecule has 2 heterocycles. The summed E-state index contributed by atoms with van der Waals surface area (Å²) in [6.45, 7) is 3.35. The van der Waals surface area contributed by atoms with Gasteiger partial charge in [0.25, 0.3) is 0 Å². The number of nitrogens with zero attached hydrogens (tertiary/aromatic N) is 1. The third-order valence-electron chi connectivity index (χ3n) is 4.32. The molecule has 1 aromatic rings. The normalized spacial score (nSPS) is 26.8. The summed E-state index contributed by atoms with van der Waals surface area (Å²) >= 11 is 0. The number of hydrogen-bond donors (Lipinski definition) is 1. The number of rotatable bonds is 3. The van der Waals surface area contributed by atoms with E-state index in [-0.39, 0.29) is 23.6 Å². The van der Waals surface area contributed by atoms with Crippen LogP contribution in [0.15, 0.2) is 30.3 Å². The monoisotopic (exact) mass is 316 g/mol. The second kappa shape index (κ2) is 6.02. The van der Waals surface area contributed by atoms with Gasteiger partial charge in [-0.25, -0.2) is 12.7 Å². The van der Waals surface area contributed by atoms with Gasteiger partial charge in [-0.2, -0.15) is 0 Å². The predicted octanol–water partition coefficient (Wildman–Crippen LogP) is 1.62. The van der Waals surface area contributed by atoms with Crippen LogP contribution in [0, 0.1) is 5.41 Å². The van der Waals surface area contributed by atoms with E-state index in [1.54, 1.807) is 4.31 Å². The van der Waals surface area contributed by atoms with Gasteiger partial charge in [0.1, 0.15) is 0 Å². The number of benzene rings is 1. The molecule has 2 saturated heterocycles. The van der Waals surface area contributed by atoms with E-state index in [1.807, 2.05) is 30.3 Å². The highest BCUT2D eigenvalue weighted by Gasteiger charge is 2.43. The molecule has 1 atom stereocenters. The molecule has 112 valence electrons. The lowest BCUT2D eigenvalue weighted by atomic mass is 9.87. The molecule has 1 N–H and O–H groups in total. The molecule has 2 fully saturated rings. The average molecular weight is 317 g/mol. The standard InChI is InChI=1S/C14H20N2O2S.ClH/c17-19(18,10-13-4-2-1-3-5-13)16-9-7-14(12-16)6-8-15-11-14;/h1-5,15H,6-12H2;1H. The van der Waals surface area contributed by atoms with Crippen molar-refractivity contribution in [3.8, 4) is 0 Å². The number of nitrogens with one attached hydrogen (secondary N) is 1. The van der Waals surface area contributed by atoms with Gasteiger partial charge in [-0.15, -0.1) is 12.4 Å². The molecule has 4 nitrogen and oxygen atoms in total. The van der Waals surface area contributed by atoms with E-state index in [0.717, 1.165) is 31.5 Å². The van der Waals surface area contributed by atoms with Gasteiger partial charge in [-0.1, -0.05) is 30.3 Å². The first kappa shape index (κ1) is 15.8. The molecule has 0 amide bonds. The van der Waals surface area contributed by atoms with Crippen molar-refractivity contribution in [1.82, 2.24) is 9.62 Å². The Kier molecular flexibility index (Phi) is 4.74. The Hall–Kier alpha value is -0.620. The Bertz CT molecular complexity index is 542. The average Bonchev–Trinajstić information content (AvgIpc) is 3.02. The third kappa shape index (κ3) is 3.17. The fraction of sp³-hybridized carbons (Fsp3) is 0.571. The Labute approximate surface area is 127 Å². The lowest BCUT2D eigenvalue weighted by Gasteiger charge is -2.22. The molecule has 6 heteroatoms. The lowest BCUT2D eigenvalue weighted by molar-refractivity contribution is 0.338. The van der Waals surface area contributed by atoms with Crippen LogP contribution in [0.4, 0.5) is 0 Å². The van der Waals surface area contributed by atoms with Crippen molar-refractivity contribution in [2.24, 2.45) is 5.41 Å². The second-order valence-corrected chi connectivity index (χ2v) is 7.72. The van der Waals surface area contributed by atoms with Crippen molar-refractivity contribution < 1.29 is 8.42 Å². The first-order chi connectivity index (χ1) is 9.10. The summed E-state index contributed by atoms with van der Waals surface area (Å²) in [4.78, 5) is 0. The third-order valence-corrected chi connectivity index (χ3v) is 6.12. The molecule has 0 saturated carbocycles. The van der Waals surface area contributed by atoms with Gasteiger partial charge >= 0.3 is 0 Å². The molecule has 0 radical (unpaired) electrons. The Balaban J connectivity index is 0.00000147. The van der Waals surface area contributed by atoms with Gasteiger partial charge in [-0.05, 0) is 30.4 Å². The van der Waals surface area contributed by atoms with E-state index >= 15 is 0 Å². The van der Waals surface area contributed by atoms with Crippen LogP contribution in [0.1, 0.15) is 18.4 Å². The quantitative estimate of drug-likeness (QED) is 0.922. The molecular weight excluding hydrogens is 296 g/mol. The molecular formula is C14H21ClN2O2S. The molecule has 3 rings (SSSR count). The van der Waals surface area contributed by atoms with Crippen LogP contribution in [-0.4, -0.2) is 38.9 Å². The summed E-state index contributed by atoms with van der Waals surface area (Å²) in [7, 11) is -3.17. The van der Waals surface area contributed by atoms with Crippen LogP contribution in [0.3, 0.4) is 0 Å². The fourth-order valence-electron chi connectivity index (χ4n) is 3.15. The Morgan fingerprint density at radius 3 is 2.60 bits per heavy atom. The first-order valence-corrected chi connectivity index (χ1v) is 8.43. The molecule has 2 aliphatic heterocycles. The zero-order chi connectivity index (χ0) is 13.3. The van der Waals surface area contributed by atoms with Crippen molar-refractivity contribution in [2.75, 3.05) is 26.2 Å². The minimum absolute atomic E-state index is 0. The molecule has 0 bridgehead atoms. The smallest absolute Gasteiger partial charge is 0.218 e. The van der Waals surface area contributed by atoms with Crippen molar-refractivity contribution in [1.29, 1.82) is 0 Å². The van der Waals surface area contributed by atoms with Gasteiger partial charge in [0.05, 0.1) is 5.75 Å². The summed E-state index contributed by atoms with van der Waals surface area (Å²) in [5, 5.41) is 3.36. The highest BCUT2D eigenvalue weighted by Crippen LogP contribution is 2.37. The maximum Gasteiger partial charge on any atom is 0.218 e. The largest absolute Gasteiger partial charge is 0.316 e. The number of sulfonamides is 1. The Morgan fingerprint density at radius 2 is 1.95 bits per heavy atom. The minimum atomic E-state index is -3.17. The summed E-state index contributed by atoms with van der Waals surface area (Å²) in [6.07, 6.45) is 2.10. The lowest BCUT2D eigenvalue weighted by Crippen LogP contribution is -2.34. The van der Waals surface area contributed by atoms with Crippen LogP contribution < -0.4 is 5.32 Å². The summed E-state index contributed by atoms with van der Waals surface area (Å²) < 4.78 is 26.6. The molecule has 1 unspecified atom stereocenters. The maximum atomic E-state index is 12.4. The van der Waals surface area contributed by atoms with Crippen molar-refractivity contribution >= 4 is 22.4 Å². The minimum Gasteiger partial charge on any atom is -0.316 e. The van der Waals surface area contributed by atoms with Crippen LogP contribution in [0.2, 0.25) is 0 Å². The van der Waals surface area contributed by atoms with Crippen LogP contribution >= 0.6 is 12.4 Å². The molecule has 1 aromatic carbocycles. The maximum absolute atomic E-state index is 12.4. The summed E-state index contributed by atoms with van der Waals surface area (Å²) in [5.74, 6) is 0.122. The molecule has 1 spiro atoms. The van der Waals surface area contributed by atoms with Crippen molar-refractivity contribution in [3.63, 3.8) is 0 Å². The van der Waals surface area contributed by atoms with E-state index in [0.29, 0.717) is 13.1 Å². The fourth-order valence-corrected chi connectivity index (χ4v) is 4.79. The van der Waals surface area contributed by atoms with Crippen molar-refractivity contribution in [3.05, 3.63) is 35.9 Å². The second-order valence-electron chi connectivity index (χ2n) is 5.75. The van der Waals surface area contributed by atoms with E-state index < -0.39 is 10.0 Å². The highest BCUT2D eigenvalue weighted by atomic mass is 35.5. The topological polar surface area (TPSA) is 49.4 Å². The SMILES string of the molecule is Cl.O=S(=O)(Cc1ccccc1)N1CCC2(CCNC2)C1. The van der Waals surface area contributed by atoms with Gasteiger partial charge < -0.3 is 5.32 Å². The number of hydrogen-bond acceptors (Lipinski definition) is 3. The van der Waals surface area contributed by atoms with Gasteiger partial charge in [0.2, 0.25) is 10.0 Å². The first-order valence-electron chi connectivity index (χ1n) is 6.82. The molecule has 20 heavy (non-hydrogen) atoms. The molecule has 2 aliphatic rings. The van der Waals surface area contributed by atoms with E-state index in [1.165, 1.54) is 0 Å². The van der Waals surface area contributed by atoms with Gasteiger partial charge in [-0.3, -0.25) is 0 Å². The van der Waals surface area contributed by atoms with Gasteiger partial charge in [0.15, 0.2) is 0 Å². The van der Waals surface area contributed by atoms with E-state index in [2.05, 4.69) is 5.32 Å². The van der Waals surface area contributed by atoms with E-state index in [4.69, 9.17) is 0 Å². The highest BCUT2D eigenvalue weighted by molar-refractivity contribution is 7.88. The van der Waals surface area contributed by atoms with E-state index in [9.17, 15) is 8.42 Å². The Morgan fingerprint density at radius 1 is 1.20 bits per heavy atom. The zero-order valence-corrected chi connectivity index (χ0v) is 13.0. The van der Waals surface area contributed by atoms with Crippen LogP contribution in [-0.2, 0) is 15.8 Å². The molecule has 0 aliphatic carbocycles. The van der Waals surface area contributed by atoms with Crippen LogP contribution in [0.5, 0.6) is 0 Å².